The van der Waals surface area contributed by atoms with E-state index in [2.05, 4.69) is 6.92 Å². The molecule has 0 aliphatic rings. The van der Waals surface area contributed by atoms with Gasteiger partial charge in [0.2, 0.25) is 5.69 Å². The minimum Gasteiger partial charge on any atom is -0.496 e. The largest absolute Gasteiger partial charge is 0.496 e. The molecule has 44 heavy (non-hydrogen) atoms. The van der Waals surface area contributed by atoms with Gasteiger partial charge >= 0.3 is 0 Å². The van der Waals surface area contributed by atoms with Crippen molar-refractivity contribution < 1.29 is 28.4 Å². The zero-order chi connectivity index (χ0) is 31.6. The molecule has 0 saturated carbocycles. The van der Waals surface area contributed by atoms with E-state index in [9.17, 15) is 9.59 Å². The minimum atomic E-state index is -0.439. The molecule has 0 aliphatic carbocycles. The maximum Gasteiger partial charge on any atom is 0.265 e. The van der Waals surface area contributed by atoms with Crippen LogP contribution in [0.15, 0.2) is 66.9 Å². The van der Waals surface area contributed by atoms with Crippen LogP contribution >= 0.6 is 0 Å². The SMILES string of the molecule is CCCCCCCCCCCCCCOc1cc(C(=O)N(Cc2cccc[n+]2C)C(=O)c2ccccc2OC)ccc1OC. The number of amides is 2. The normalized spacial score (nSPS) is 10.8. The maximum atomic E-state index is 14.0. The third-order valence-corrected chi connectivity index (χ3v) is 7.98. The van der Waals surface area contributed by atoms with Crippen molar-refractivity contribution in [2.24, 2.45) is 7.05 Å². The van der Waals surface area contributed by atoms with Crippen LogP contribution in [-0.2, 0) is 13.6 Å². The van der Waals surface area contributed by atoms with E-state index in [0.717, 1.165) is 18.5 Å². The summed E-state index contributed by atoms with van der Waals surface area (Å²) in [5, 5.41) is 0. The maximum absolute atomic E-state index is 14.0. The fraction of sp³-hybridized carbons (Fsp3) is 0.486. The van der Waals surface area contributed by atoms with Gasteiger partial charge < -0.3 is 14.2 Å². The van der Waals surface area contributed by atoms with Crippen LogP contribution in [0.4, 0.5) is 0 Å². The highest BCUT2D eigenvalue weighted by Crippen LogP contribution is 2.30. The Balaban J connectivity index is 1.62. The molecule has 7 heteroatoms. The number of aryl methyl sites for hydroxylation is 1. The van der Waals surface area contributed by atoms with Crippen molar-refractivity contribution in [2.45, 2.75) is 90.5 Å². The first-order valence-corrected chi connectivity index (χ1v) is 16.2. The van der Waals surface area contributed by atoms with Gasteiger partial charge in [0.1, 0.15) is 19.3 Å². The van der Waals surface area contributed by atoms with E-state index < -0.39 is 11.8 Å². The molecular weight excluding hydrogens is 552 g/mol. The Morgan fingerprint density at radius 1 is 0.682 bits per heavy atom. The molecule has 0 radical (unpaired) electrons. The van der Waals surface area contributed by atoms with Crippen LogP contribution in [-0.4, -0.2) is 37.5 Å². The van der Waals surface area contributed by atoms with Crippen molar-refractivity contribution in [3.8, 4) is 17.2 Å². The summed E-state index contributed by atoms with van der Waals surface area (Å²) in [6, 6.07) is 17.7. The van der Waals surface area contributed by atoms with Gasteiger partial charge in [-0.15, -0.1) is 0 Å². The molecule has 0 N–H and O–H groups in total. The van der Waals surface area contributed by atoms with Crippen LogP contribution in [0.5, 0.6) is 17.2 Å². The van der Waals surface area contributed by atoms with Crippen LogP contribution in [0.1, 0.15) is 110 Å². The number of ether oxygens (including phenoxy) is 3. The summed E-state index contributed by atoms with van der Waals surface area (Å²) < 4.78 is 19.0. The third kappa shape index (κ3) is 10.7. The molecule has 0 atom stereocenters. The van der Waals surface area contributed by atoms with Gasteiger partial charge in [-0.05, 0) is 36.8 Å². The summed E-state index contributed by atoms with van der Waals surface area (Å²) in [5.41, 5.74) is 1.47. The van der Waals surface area contributed by atoms with E-state index >= 15 is 0 Å². The molecule has 2 aromatic carbocycles. The van der Waals surface area contributed by atoms with Crippen LogP contribution in [0.3, 0.4) is 0 Å². The minimum absolute atomic E-state index is 0.0914. The number of hydrogen-bond donors (Lipinski definition) is 0. The van der Waals surface area contributed by atoms with Gasteiger partial charge in [0.05, 0.1) is 26.4 Å². The zero-order valence-electron chi connectivity index (χ0n) is 27.2. The van der Waals surface area contributed by atoms with Gasteiger partial charge in [-0.1, -0.05) is 95.8 Å². The quantitative estimate of drug-likeness (QED) is 0.0742. The van der Waals surface area contributed by atoms with Crippen LogP contribution in [0.25, 0.3) is 0 Å². The van der Waals surface area contributed by atoms with Crippen molar-refractivity contribution in [3.05, 3.63) is 83.7 Å². The number of aromatic nitrogens is 1. The molecule has 1 aromatic heterocycles. The average molecular weight is 604 g/mol. The van der Waals surface area contributed by atoms with Crippen molar-refractivity contribution in [1.29, 1.82) is 0 Å². The second-order valence-corrected chi connectivity index (χ2v) is 11.3. The highest BCUT2D eigenvalue weighted by Gasteiger charge is 2.29. The first-order chi connectivity index (χ1) is 21.5. The Hall–Kier alpha value is -3.87. The first kappa shape index (κ1) is 34.6. The molecule has 3 aromatic rings. The number of carbonyl (C=O) groups excluding carboxylic acids is 2. The van der Waals surface area contributed by atoms with E-state index in [1.165, 1.54) is 76.2 Å². The molecule has 2 amide bonds. The van der Waals surface area contributed by atoms with E-state index in [0.29, 0.717) is 35.0 Å². The number of carbonyl (C=O) groups is 2. The van der Waals surface area contributed by atoms with Crippen molar-refractivity contribution >= 4 is 11.8 Å². The standard InChI is InChI=1S/C37H51N2O5/c1-5-6-7-8-9-10-11-12-13-14-15-20-27-44-35-28-30(24-25-34(35)43-4)36(40)39(29-31-21-18-19-26-38(31)2)37(41)32-22-16-17-23-33(32)42-3/h16-19,21-26,28H,5-15,20,27,29H2,1-4H3/q+1. The van der Waals surface area contributed by atoms with Crippen molar-refractivity contribution in [1.82, 2.24) is 4.90 Å². The Kier molecular flexibility index (Phi) is 15.3. The monoisotopic (exact) mass is 603 g/mol. The summed E-state index contributed by atoms with van der Waals surface area (Å²) in [6.07, 6.45) is 17.2. The number of hydrogen-bond acceptors (Lipinski definition) is 5. The average Bonchev–Trinajstić information content (AvgIpc) is 3.05. The van der Waals surface area contributed by atoms with Crippen molar-refractivity contribution in [2.75, 3.05) is 20.8 Å². The van der Waals surface area contributed by atoms with Gasteiger partial charge in [0, 0.05) is 17.7 Å². The van der Waals surface area contributed by atoms with E-state index in [-0.39, 0.29) is 6.54 Å². The number of unbranched alkanes of at least 4 members (excludes halogenated alkanes) is 11. The third-order valence-electron chi connectivity index (χ3n) is 7.98. The molecule has 0 saturated heterocycles. The van der Waals surface area contributed by atoms with Crippen LogP contribution in [0, 0.1) is 0 Å². The Morgan fingerprint density at radius 3 is 1.93 bits per heavy atom. The molecule has 1 heterocycles. The predicted molar refractivity (Wildman–Crippen MR) is 174 cm³/mol. The summed E-state index contributed by atoms with van der Waals surface area (Å²) in [4.78, 5) is 29.1. The highest BCUT2D eigenvalue weighted by atomic mass is 16.5. The lowest BCUT2D eigenvalue weighted by Crippen LogP contribution is -2.42. The lowest BCUT2D eigenvalue weighted by Gasteiger charge is -2.22. The van der Waals surface area contributed by atoms with Crippen LogP contribution < -0.4 is 18.8 Å². The second-order valence-electron chi connectivity index (χ2n) is 11.3. The van der Waals surface area contributed by atoms with Crippen molar-refractivity contribution in [3.63, 3.8) is 0 Å². The highest BCUT2D eigenvalue weighted by molar-refractivity contribution is 6.11. The van der Waals surface area contributed by atoms with Gasteiger partial charge in [-0.2, -0.15) is 0 Å². The summed E-state index contributed by atoms with van der Waals surface area (Å²) in [5.74, 6) is 0.594. The molecule has 238 valence electrons. The van der Waals surface area contributed by atoms with Gasteiger partial charge in [0.25, 0.3) is 11.8 Å². The molecule has 0 fully saturated rings. The summed E-state index contributed by atoms with van der Waals surface area (Å²) in [6.45, 7) is 2.89. The Bertz CT molecular complexity index is 1310. The van der Waals surface area contributed by atoms with Gasteiger partial charge in [-0.25, -0.2) is 4.57 Å². The Morgan fingerprint density at radius 2 is 1.30 bits per heavy atom. The predicted octanol–water partition coefficient (Wildman–Crippen LogP) is 8.09. The summed E-state index contributed by atoms with van der Waals surface area (Å²) >= 11 is 0. The smallest absolute Gasteiger partial charge is 0.265 e. The second kappa shape index (κ2) is 19.4. The lowest BCUT2D eigenvalue weighted by molar-refractivity contribution is -0.679. The molecule has 3 rings (SSSR count). The molecular formula is C37H51N2O5+. The molecule has 0 spiro atoms. The molecule has 0 bridgehead atoms. The first-order valence-electron chi connectivity index (χ1n) is 16.2. The summed E-state index contributed by atoms with van der Waals surface area (Å²) in [7, 11) is 4.99. The number of methoxy groups -OCH3 is 2. The van der Waals surface area contributed by atoms with Gasteiger partial charge in [0.15, 0.2) is 17.7 Å². The molecule has 0 unspecified atom stereocenters. The van der Waals surface area contributed by atoms with E-state index in [1.54, 1.807) is 49.6 Å². The fourth-order valence-electron chi connectivity index (χ4n) is 5.29. The van der Waals surface area contributed by atoms with Gasteiger partial charge in [-0.3, -0.25) is 14.5 Å². The number of imide groups is 1. The van der Waals surface area contributed by atoms with Crippen LogP contribution in [0.2, 0.25) is 0 Å². The van der Waals surface area contributed by atoms with E-state index in [1.807, 2.05) is 36.0 Å². The molecule has 7 nitrogen and oxygen atoms in total. The lowest BCUT2D eigenvalue weighted by atomic mass is 10.1. The number of nitrogens with zero attached hydrogens (tertiary/aromatic N) is 2. The van der Waals surface area contributed by atoms with E-state index in [4.69, 9.17) is 14.2 Å². The Labute approximate surface area is 264 Å². The fourth-order valence-corrected chi connectivity index (χ4v) is 5.29. The molecule has 0 aliphatic heterocycles. The topological polar surface area (TPSA) is 69.0 Å². The number of para-hydroxylation sites is 1. The number of rotatable bonds is 20. The zero-order valence-corrected chi connectivity index (χ0v) is 27.2. The number of benzene rings is 2. The number of pyridine rings is 1.